The van der Waals surface area contributed by atoms with Crippen molar-refractivity contribution in [2.24, 2.45) is 0 Å². The Labute approximate surface area is 144 Å². The highest BCUT2D eigenvalue weighted by atomic mass is 19.1. The standard InChI is InChI=1S/C19H17FN2O3/c1-12(19(25)22-17-5-3-4-15(20)11-17)10-18(24)21-16-8-6-14(7-9-16)13(2)23/h3-11H,1-2H3,(H,21,24)(H,22,25)/b12-10-. The summed E-state index contributed by atoms with van der Waals surface area (Å²) in [6.07, 6.45) is 1.15. The molecule has 6 heteroatoms. The molecule has 0 aromatic heterocycles. The highest BCUT2D eigenvalue weighted by Crippen LogP contribution is 2.12. The molecule has 2 amide bonds. The van der Waals surface area contributed by atoms with Gasteiger partial charge in [-0.25, -0.2) is 4.39 Å². The van der Waals surface area contributed by atoms with Crippen LogP contribution in [-0.2, 0) is 9.59 Å². The fraction of sp³-hybridized carbons (Fsp3) is 0.105. The van der Waals surface area contributed by atoms with Crippen molar-refractivity contribution in [1.29, 1.82) is 0 Å². The molecule has 2 rings (SSSR count). The Morgan fingerprint density at radius 3 is 2.20 bits per heavy atom. The van der Waals surface area contributed by atoms with Crippen LogP contribution < -0.4 is 10.6 Å². The lowest BCUT2D eigenvalue weighted by Crippen LogP contribution is -2.16. The Morgan fingerprint density at radius 1 is 0.920 bits per heavy atom. The molecule has 0 saturated heterocycles. The minimum absolute atomic E-state index is 0.0670. The van der Waals surface area contributed by atoms with Gasteiger partial charge in [0.05, 0.1) is 0 Å². The van der Waals surface area contributed by atoms with E-state index in [4.69, 9.17) is 0 Å². The van der Waals surface area contributed by atoms with E-state index in [1.165, 1.54) is 32.0 Å². The summed E-state index contributed by atoms with van der Waals surface area (Å²) in [5, 5.41) is 5.11. The topological polar surface area (TPSA) is 75.3 Å². The summed E-state index contributed by atoms with van der Waals surface area (Å²) in [7, 11) is 0. The van der Waals surface area contributed by atoms with E-state index in [0.29, 0.717) is 16.9 Å². The highest BCUT2D eigenvalue weighted by Gasteiger charge is 2.08. The first-order chi connectivity index (χ1) is 11.8. The van der Waals surface area contributed by atoms with Gasteiger partial charge in [-0.3, -0.25) is 14.4 Å². The van der Waals surface area contributed by atoms with Crippen LogP contribution in [-0.4, -0.2) is 17.6 Å². The Kier molecular flexibility index (Phi) is 5.79. The number of carbonyl (C=O) groups excluding carboxylic acids is 3. The molecular formula is C19H17FN2O3. The minimum atomic E-state index is -0.507. The maximum atomic E-state index is 13.1. The summed E-state index contributed by atoms with van der Waals surface area (Å²) in [5.74, 6) is -1.52. The van der Waals surface area contributed by atoms with Gasteiger partial charge in [-0.15, -0.1) is 0 Å². The normalized spacial score (nSPS) is 10.9. The Morgan fingerprint density at radius 2 is 1.60 bits per heavy atom. The maximum Gasteiger partial charge on any atom is 0.251 e. The van der Waals surface area contributed by atoms with Crippen LogP contribution in [0, 0.1) is 5.82 Å². The van der Waals surface area contributed by atoms with Gasteiger partial charge >= 0.3 is 0 Å². The van der Waals surface area contributed by atoms with Gasteiger partial charge in [-0.05, 0) is 56.3 Å². The molecule has 2 aromatic carbocycles. The van der Waals surface area contributed by atoms with E-state index >= 15 is 0 Å². The Hall–Kier alpha value is -3.28. The van der Waals surface area contributed by atoms with Crippen molar-refractivity contribution < 1.29 is 18.8 Å². The van der Waals surface area contributed by atoms with Gasteiger partial charge in [0.25, 0.3) is 5.91 Å². The molecule has 0 aliphatic heterocycles. The number of rotatable bonds is 5. The first-order valence-corrected chi connectivity index (χ1v) is 7.52. The zero-order valence-corrected chi connectivity index (χ0v) is 13.8. The number of ketones is 1. The number of anilines is 2. The second-order valence-electron chi connectivity index (χ2n) is 5.41. The van der Waals surface area contributed by atoms with E-state index in [2.05, 4.69) is 10.6 Å². The average molecular weight is 340 g/mol. The summed E-state index contributed by atoms with van der Waals surface area (Å²) in [4.78, 5) is 35.2. The summed E-state index contributed by atoms with van der Waals surface area (Å²) in [6.45, 7) is 2.93. The van der Waals surface area contributed by atoms with Gasteiger partial charge < -0.3 is 10.6 Å². The summed E-state index contributed by atoms with van der Waals surface area (Å²) in [5.41, 5.74) is 1.52. The third-order valence-electron chi connectivity index (χ3n) is 3.35. The second-order valence-corrected chi connectivity index (χ2v) is 5.41. The molecule has 0 bridgehead atoms. The maximum absolute atomic E-state index is 13.1. The van der Waals surface area contributed by atoms with Gasteiger partial charge in [0, 0.05) is 28.6 Å². The van der Waals surface area contributed by atoms with Gasteiger partial charge in [0.2, 0.25) is 5.91 Å². The largest absolute Gasteiger partial charge is 0.323 e. The van der Waals surface area contributed by atoms with Crippen molar-refractivity contribution in [1.82, 2.24) is 0 Å². The molecule has 0 aliphatic rings. The van der Waals surface area contributed by atoms with Crippen molar-refractivity contribution in [3.63, 3.8) is 0 Å². The SMILES string of the molecule is CC(=O)c1ccc(NC(=O)/C=C(/C)C(=O)Nc2cccc(F)c2)cc1. The summed E-state index contributed by atoms with van der Waals surface area (Å²) >= 11 is 0. The molecule has 0 unspecified atom stereocenters. The van der Waals surface area contributed by atoms with Crippen molar-refractivity contribution in [2.75, 3.05) is 10.6 Å². The quantitative estimate of drug-likeness (QED) is 0.645. The van der Waals surface area contributed by atoms with E-state index in [9.17, 15) is 18.8 Å². The molecule has 2 aromatic rings. The number of hydrogen-bond acceptors (Lipinski definition) is 3. The molecule has 2 N–H and O–H groups in total. The monoisotopic (exact) mass is 340 g/mol. The Balaban J connectivity index is 1.99. The smallest absolute Gasteiger partial charge is 0.251 e. The fourth-order valence-electron chi connectivity index (χ4n) is 2.02. The number of halogens is 1. The first-order valence-electron chi connectivity index (χ1n) is 7.52. The van der Waals surface area contributed by atoms with Gasteiger partial charge in [0.15, 0.2) is 5.78 Å². The number of benzene rings is 2. The molecule has 0 saturated carbocycles. The van der Waals surface area contributed by atoms with Crippen LogP contribution in [0.1, 0.15) is 24.2 Å². The van der Waals surface area contributed by atoms with E-state index < -0.39 is 17.6 Å². The van der Waals surface area contributed by atoms with Crippen molar-refractivity contribution in [2.45, 2.75) is 13.8 Å². The van der Waals surface area contributed by atoms with Crippen LogP contribution in [0.2, 0.25) is 0 Å². The number of hydrogen-bond donors (Lipinski definition) is 2. The average Bonchev–Trinajstić information content (AvgIpc) is 2.55. The van der Waals surface area contributed by atoms with Gasteiger partial charge in [-0.2, -0.15) is 0 Å². The Bertz CT molecular complexity index is 842. The minimum Gasteiger partial charge on any atom is -0.323 e. The predicted octanol–water partition coefficient (Wildman–Crippen LogP) is 3.55. The van der Waals surface area contributed by atoms with E-state index in [0.717, 1.165) is 6.08 Å². The fourth-order valence-corrected chi connectivity index (χ4v) is 2.02. The zero-order valence-electron chi connectivity index (χ0n) is 13.8. The predicted molar refractivity (Wildman–Crippen MR) is 93.9 cm³/mol. The van der Waals surface area contributed by atoms with Gasteiger partial charge in [0.1, 0.15) is 5.82 Å². The molecule has 5 nitrogen and oxygen atoms in total. The number of carbonyl (C=O) groups is 3. The van der Waals surface area contributed by atoms with Crippen LogP contribution in [0.25, 0.3) is 0 Å². The van der Waals surface area contributed by atoms with E-state index in [1.54, 1.807) is 30.3 Å². The summed E-state index contributed by atoms with van der Waals surface area (Å²) in [6, 6.07) is 11.9. The van der Waals surface area contributed by atoms with Crippen molar-refractivity contribution in [3.05, 3.63) is 71.6 Å². The molecule has 0 heterocycles. The molecule has 0 aliphatic carbocycles. The lowest BCUT2D eigenvalue weighted by atomic mass is 10.1. The second kappa shape index (κ2) is 8.01. The molecule has 0 atom stereocenters. The van der Waals surface area contributed by atoms with Crippen LogP contribution in [0.15, 0.2) is 60.2 Å². The van der Waals surface area contributed by atoms with Crippen LogP contribution in [0.5, 0.6) is 0 Å². The number of amides is 2. The van der Waals surface area contributed by atoms with Crippen LogP contribution >= 0.6 is 0 Å². The third-order valence-corrected chi connectivity index (χ3v) is 3.35. The molecule has 0 radical (unpaired) electrons. The summed E-state index contributed by atoms with van der Waals surface area (Å²) < 4.78 is 13.1. The van der Waals surface area contributed by atoms with E-state index in [-0.39, 0.29) is 11.4 Å². The van der Waals surface area contributed by atoms with Crippen LogP contribution in [0.4, 0.5) is 15.8 Å². The molecule has 0 spiro atoms. The highest BCUT2D eigenvalue weighted by molar-refractivity contribution is 6.10. The number of Topliss-reactive ketones (excluding diaryl/α,β-unsaturated/α-hetero) is 1. The lowest BCUT2D eigenvalue weighted by molar-refractivity contribution is -0.114. The van der Waals surface area contributed by atoms with Crippen LogP contribution in [0.3, 0.4) is 0 Å². The molecule has 128 valence electrons. The zero-order chi connectivity index (χ0) is 18.4. The van der Waals surface area contributed by atoms with Crippen molar-refractivity contribution >= 4 is 29.0 Å². The van der Waals surface area contributed by atoms with E-state index in [1.807, 2.05) is 0 Å². The molecule has 25 heavy (non-hydrogen) atoms. The van der Waals surface area contributed by atoms with Crippen molar-refractivity contribution in [3.8, 4) is 0 Å². The lowest BCUT2D eigenvalue weighted by Gasteiger charge is -2.06. The van der Waals surface area contributed by atoms with Gasteiger partial charge in [-0.1, -0.05) is 6.07 Å². The number of nitrogens with one attached hydrogen (secondary N) is 2. The third kappa shape index (κ3) is 5.39. The molecule has 0 fully saturated rings. The molecular weight excluding hydrogens is 323 g/mol. The first kappa shape index (κ1) is 18.1.